The zero-order valence-electron chi connectivity index (χ0n) is 31.2. The molecule has 0 radical (unpaired) electrons. The number of Topliss-reactive ketones (excluding diaryl/α,β-unsaturated/α-hetero) is 1. The number of primary amides is 1. The molecule has 1 amide bonds. The van der Waals surface area contributed by atoms with E-state index >= 15 is 0 Å². The first-order valence-corrected chi connectivity index (χ1v) is 19.0. The Morgan fingerprint density at radius 2 is 1.77 bits per heavy atom. The van der Waals surface area contributed by atoms with Crippen LogP contribution in [0.3, 0.4) is 0 Å². The van der Waals surface area contributed by atoms with Gasteiger partial charge in [0.15, 0.2) is 23.1 Å². The molecule has 0 saturated heterocycles. The molecule has 10 heteroatoms. The number of hydrogen-bond acceptors (Lipinski definition) is 9. The van der Waals surface area contributed by atoms with Gasteiger partial charge in [0.25, 0.3) is 5.91 Å². The fourth-order valence-corrected chi connectivity index (χ4v) is 10.5. The van der Waals surface area contributed by atoms with E-state index in [4.69, 9.17) is 15.2 Å². The summed E-state index contributed by atoms with van der Waals surface area (Å²) in [6.45, 7) is 11.0. The van der Waals surface area contributed by atoms with Crippen molar-refractivity contribution in [3.63, 3.8) is 0 Å². The summed E-state index contributed by atoms with van der Waals surface area (Å²) in [6.07, 6.45) is 9.25. The van der Waals surface area contributed by atoms with E-state index < -0.39 is 17.6 Å². The van der Waals surface area contributed by atoms with Gasteiger partial charge < -0.3 is 35.8 Å². The number of hydrogen-bond donors (Lipinski definition) is 5. The number of benzene rings is 2. The number of nitrogens with one attached hydrogen (secondary N) is 1. The van der Waals surface area contributed by atoms with Crippen LogP contribution in [0.25, 0.3) is 0 Å². The SMILES string of the molecule is CC(=O)[C@@]1(O)CC[C@H]2[C@@H]3C[C@H](C)C4=CC(=O)CC[C@]4(C)[C@H]3CC[C@@]21C.CC(CCc1ccc2c(c1)OCO2)NCC(O)c1ccc(O)c(C(N)=O)c1. The van der Waals surface area contributed by atoms with Crippen LogP contribution in [-0.2, 0) is 16.0 Å². The molecule has 1 heterocycles. The third-order valence-electron chi connectivity index (χ3n) is 13.6. The minimum Gasteiger partial charge on any atom is -0.507 e. The predicted molar refractivity (Wildman–Crippen MR) is 197 cm³/mol. The van der Waals surface area contributed by atoms with Gasteiger partial charge in [-0.15, -0.1) is 0 Å². The van der Waals surface area contributed by atoms with Crippen molar-refractivity contribution in [2.75, 3.05) is 13.3 Å². The van der Waals surface area contributed by atoms with Gasteiger partial charge in [-0.25, -0.2) is 0 Å². The number of rotatable bonds is 9. The van der Waals surface area contributed by atoms with Crippen LogP contribution in [0.4, 0.5) is 0 Å². The van der Waals surface area contributed by atoms with E-state index in [1.54, 1.807) is 13.0 Å². The number of phenols is 1. The summed E-state index contributed by atoms with van der Waals surface area (Å²) < 4.78 is 10.7. The average molecular weight is 717 g/mol. The summed E-state index contributed by atoms with van der Waals surface area (Å²) in [4.78, 5) is 35.6. The second kappa shape index (κ2) is 14.6. The summed E-state index contributed by atoms with van der Waals surface area (Å²) in [7, 11) is 0. The number of fused-ring (bicyclic) bond motifs is 6. The molecule has 6 N–H and O–H groups in total. The smallest absolute Gasteiger partial charge is 0.252 e. The molecule has 7 rings (SSSR count). The van der Waals surface area contributed by atoms with Crippen LogP contribution in [0.1, 0.15) is 114 Å². The normalized spacial score (nSPS) is 32.7. The quantitative estimate of drug-likeness (QED) is 0.211. The number of nitrogens with two attached hydrogens (primary N) is 1. The van der Waals surface area contributed by atoms with Gasteiger partial charge in [-0.3, -0.25) is 14.4 Å². The fourth-order valence-electron chi connectivity index (χ4n) is 10.5. The topological polar surface area (TPSA) is 168 Å². The van der Waals surface area contributed by atoms with Gasteiger partial charge in [0, 0.05) is 24.4 Å². The van der Waals surface area contributed by atoms with E-state index in [9.17, 15) is 29.7 Å². The molecule has 2 aromatic carbocycles. The Bertz CT molecular complexity index is 1740. The lowest BCUT2D eigenvalue weighted by atomic mass is 9.45. The third-order valence-corrected chi connectivity index (χ3v) is 13.6. The molecule has 9 atom stereocenters. The van der Waals surface area contributed by atoms with Crippen molar-refractivity contribution in [1.29, 1.82) is 0 Å². The number of aliphatic hydroxyl groups excluding tert-OH is 1. The van der Waals surface area contributed by atoms with Crippen LogP contribution >= 0.6 is 0 Å². The van der Waals surface area contributed by atoms with Crippen LogP contribution in [0.5, 0.6) is 17.2 Å². The maximum Gasteiger partial charge on any atom is 0.252 e. The van der Waals surface area contributed by atoms with Crippen molar-refractivity contribution < 1.29 is 39.2 Å². The van der Waals surface area contributed by atoms with Crippen molar-refractivity contribution in [3.05, 3.63) is 64.7 Å². The van der Waals surface area contributed by atoms with Gasteiger partial charge in [-0.2, -0.15) is 0 Å². The van der Waals surface area contributed by atoms with Gasteiger partial charge in [0.05, 0.1) is 11.7 Å². The van der Waals surface area contributed by atoms with Crippen LogP contribution in [0.15, 0.2) is 48.0 Å². The van der Waals surface area contributed by atoms with Crippen molar-refractivity contribution in [2.24, 2.45) is 40.2 Å². The summed E-state index contributed by atoms with van der Waals surface area (Å²) in [5, 5.41) is 34.4. The van der Waals surface area contributed by atoms with Gasteiger partial charge in [0.1, 0.15) is 11.4 Å². The van der Waals surface area contributed by atoms with E-state index in [0.29, 0.717) is 54.4 Å². The highest BCUT2D eigenvalue weighted by atomic mass is 16.7. The third kappa shape index (κ3) is 6.90. The van der Waals surface area contributed by atoms with Crippen molar-refractivity contribution in [3.8, 4) is 17.2 Å². The standard InChI is InChI=1S/C22H32O3.C20H24N2O5/c1-13-11-16-17(20(3)8-5-15(24)12-19(13)20)6-9-21(4)18(16)7-10-22(21,25)14(2)23;1-12(2-3-13-4-7-18-19(8-13)27-11-26-18)22-10-17(24)14-5-6-16(23)15(9-14)20(21)25/h12-13,16-18,25H,5-11H2,1-4H3;4-9,12,17,22-24H,2-3,10-11H2,1H3,(H2,21,25)/t13-,16+,17-,18-,20+,21-,22-;/m0./s1. The molecule has 5 aliphatic rings. The number of aryl methyl sites for hydroxylation is 1. The second-order valence-corrected chi connectivity index (χ2v) is 16.6. The number of ether oxygens (including phenoxy) is 2. The Hall–Kier alpha value is -3.73. The summed E-state index contributed by atoms with van der Waals surface area (Å²) in [6, 6.07) is 10.5. The van der Waals surface area contributed by atoms with Crippen LogP contribution in [0, 0.1) is 34.5 Å². The highest BCUT2D eigenvalue weighted by Gasteiger charge is 2.66. The first-order valence-electron chi connectivity index (χ1n) is 19.0. The summed E-state index contributed by atoms with van der Waals surface area (Å²) in [5.41, 5.74) is 7.02. The lowest BCUT2D eigenvalue weighted by Gasteiger charge is -2.60. The molecule has 2 unspecified atom stereocenters. The van der Waals surface area contributed by atoms with Crippen molar-refractivity contribution in [1.82, 2.24) is 5.32 Å². The van der Waals surface area contributed by atoms with E-state index in [2.05, 4.69) is 26.1 Å². The molecule has 282 valence electrons. The molecule has 0 bridgehead atoms. The number of carbonyl (C=O) groups excluding carboxylic acids is 3. The zero-order valence-corrected chi connectivity index (χ0v) is 31.2. The van der Waals surface area contributed by atoms with E-state index in [1.807, 2.05) is 31.2 Å². The predicted octanol–water partition coefficient (Wildman–Crippen LogP) is 5.95. The molecular weight excluding hydrogens is 660 g/mol. The largest absolute Gasteiger partial charge is 0.507 e. The van der Waals surface area contributed by atoms with E-state index in [1.165, 1.54) is 17.7 Å². The van der Waals surface area contributed by atoms with Gasteiger partial charge >= 0.3 is 0 Å². The lowest BCUT2D eigenvalue weighted by molar-refractivity contribution is -0.161. The lowest BCUT2D eigenvalue weighted by Crippen LogP contribution is -2.57. The van der Waals surface area contributed by atoms with Crippen LogP contribution in [0.2, 0.25) is 0 Å². The Balaban J connectivity index is 0.000000179. The maximum atomic E-state index is 12.3. The molecule has 3 fully saturated rings. The number of aliphatic hydroxyl groups is 2. The number of ketones is 2. The molecule has 52 heavy (non-hydrogen) atoms. The first kappa shape index (κ1) is 38.0. The minimum absolute atomic E-state index is 0.00223. The molecule has 10 nitrogen and oxygen atoms in total. The minimum atomic E-state index is -1.13. The van der Waals surface area contributed by atoms with Gasteiger partial charge in [-0.05, 0) is 136 Å². The highest BCUT2D eigenvalue weighted by molar-refractivity contribution is 5.95. The van der Waals surface area contributed by atoms with E-state index in [-0.39, 0.29) is 40.8 Å². The number of allylic oxidation sites excluding steroid dienone is 1. The maximum absolute atomic E-state index is 12.3. The Kier molecular flexibility index (Phi) is 10.7. The Morgan fingerprint density at radius 3 is 2.50 bits per heavy atom. The van der Waals surface area contributed by atoms with Crippen LogP contribution < -0.4 is 20.5 Å². The van der Waals surface area contributed by atoms with Crippen molar-refractivity contribution in [2.45, 2.75) is 110 Å². The molecule has 3 saturated carbocycles. The molecule has 0 aromatic heterocycles. The zero-order chi connectivity index (χ0) is 37.6. The van der Waals surface area contributed by atoms with E-state index in [0.717, 1.165) is 62.0 Å². The molecule has 1 aliphatic heterocycles. The second-order valence-electron chi connectivity index (χ2n) is 16.6. The van der Waals surface area contributed by atoms with Crippen molar-refractivity contribution >= 4 is 17.5 Å². The Labute approximate surface area is 307 Å². The average Bonchev–Trinajstić information content (AvgIpc) is 3.69. The van der Waals surface area contributed by atoms with Gasteiger partial charge in [0.2, 0.25) is 6.79 Å². The Morgan fingerprint density at radius 1 is 1.04 bits per heavy atom. The van der Waals surface area contributed by atoms with Gasteiger partial charge in [-0.1, -0.05) is 38.5 Å². The number of carbonyl (C=O) groups is 3. The number of amides is 1. The molecule has 0 spiro atoms. The fraction of sp³-hybridized carbons (Fsp3) is 0.595. The summed E-state index contributed by atoms with van der Waals surface area (Å²) in [5.74, 6) is 2.91. The number of aromatic hydroxyl groups is 1. The van der Waals surface area contributed by atoms with Crippen LogP contribution in [-0.4, -0.2) is 57.8 Å². The highest BCUT2D eigenvalue weighted by Crippen LogP contribution is 2.68. The summed E-state index contributed by atoms with van der Waals surface area (Å²) >= 11 is 0. The monoisotopic (exact) mass is 716 g/mol. The molecule has 2 aromatic rings. The first-order chi connectivity index (χ1) is 24.6. The molecule has 4 aliphatic carbocycles. The molecular formula is C42H56N2O8.